The molecular weight excluding hydrogens is 1670 g/mol. The van der Waals surface area contributed by atoms with E-state index in [1.54, 1.807) is 19.9 Å². The first-order valence-electron chi connectivity index (χ1n) is 43.9. The lowest BCUT2D eigenvalue weighted by Crippen LogP contribution is -2.28. The Labute approximate surface area is 767 Å². The van der Waals surface area contributed by atoms with Crippen LogP contribution in [0.2, 0.25) is 0 Å². The molecule has 4 aromatic heterocycles. The number of hydrogen-bond donors (Lipinski definition) is 0. The van der Waals surface area contributed by atoms with Crippen molar-refractivity contribution in [1.29, 1.82) is 0 Å². The lowest BCUT2D eigenvalue weighted by Gasteiger charge is -2.20. The van der Waals surface area contributed by atoms with Crippen LogP contribution < -0.4 is 9.47 Å². The monoisotopic (exact) mass is 1770 g/mol. The first-order chi connectivity index (χ1) is 65.0. The van der Waals surface area contributed by atoms with Crippen LogP contribution in [-0.2, 0) is 86.3 Å². The molecule has 0 saturated carbocycles. The third-order valence-corrected chi connectivity index (χ3v) is 23.1. The maximum absolute atomic E-state index is 11.8. The van der Waals surface area contributed by atoms with Crippen molar-refractivity contribution in [3.63, 3.8) is 0 Å². The number of carbonyl (C=O) groups is 6. The summed E-state index contributed by atoms with van der Waals surface area (Å²) in [7, 11) is 0. The maximum Gasteiger partial charge on any atom is 0.333 e. The molecule has 0 bridgehead atoms. The third-order valence-electron chi connectivity index (χ3n) is 23.1. The van der Waals surface area contributed by atoms with Gasteiger partial charge in [0.2, 0.25) is 0 Å². The predicted octanol–water partition coefficient (Wildman–Crippen LogP) is 23.4. The Kier molecular flexibility index (Phi) is 28.4. The fourth-order valence-corrected chi connectivity index (χ4v) is 17.3. The summed E-state index contributed by atoms with van der Waals surface area (Å²) in [4.78, 5) is 69.1. The minimum absolute atomic E-state index is 0.0656. The van der Waals surface area contributed by atoms with Gasteiger partial charge >= 0.3 is 35.8 Å². The van der Waals surface area contributed by atoms with Crippen LogP contribution in [0.4, 0.5) is 0 Å². The normalized spacial score (nSPS) is 11.4. The van der Waals surface area contributed by atoms with Gasteiger partial charge in [-0.2, -0.15) is 0 Å². The van der Waals surface area contributed by atoms with Crippen molar-refractivity contribution in [3.05, 3.63) is 360 Å². The molecule has 0 radical (unpaired) electrons. The van der Waals surface area contributed by atoms with Gasteiger partial charge in [0.15, 0.2) is 0 Å². The Morgan fingerprint density at radius 2 is 0.639 bits per heavy atom. The van der Waals surface area contributed by atoms with E-state index in [2.05, 4.69) is 306 Å². The van der Waals surface area contributed by atoms with Crippen LogP contribution >= 0.6 is 0 Å². The van der Waals surface area contributed by atoms with Crippen molar-refractivity contribution < 1.29 is 76.1 Å². The van der Waals surface area contributed by atoms with Crippen LogP contribution in [0.25, 0.3) is 158 Å². The Hall–Kier alpha value is -16.2. The maximum atomic E-state index is 11.8. The molecule has 0 saturated heterocycles. The van der Waals surface area contributed by atoms with Gasteiger partial charge in [0, 0.05) is 130 Å². The summed E-state index contributed by atoms with van der Waals surface area (Å²) in [5, 5.41) is 23.9. The van der Waals surface area contributed by atoms with Gasteiger partial charge in [-0.25, -0.2) is 28.8 Å². The van der Waals surface area contributed by atoms with Gasteiger partial charge in [-0.1, -0.05) is 264 Å². The number of para-hydroxylation sites is 2. The highest BCUT2D eigenvalue weighted by Crippen LogP contribution is 2.44. The molecule has 0 spiro atoms. The second-order valence-corrected chi connectivity index (χ2v) is 31.6. The summed E-state index contributed by atoms with van der Waals surface area (Å²) in [6, 6.07) is 98.6. The van der Waals surface area contributed by atoms with Crippen LogP contribution in [0, 0.1) is 0 Å². The number of fused-ring (bicyclic) bond motifs is 24. The van der Waals surface area contributed by atoms with E-state index in [4.69, 9.17) is 47.4 Å². The number of hydrogen-bond acceptors (Lipinski definition) is 16. The molecule has 0 amide bonds. The molecular formula is C113H98N4O16. The van der Waals surface area contributed by atoms with Crippen molar-refractivity contribution in [2.45, 2.75) is 39.6 Å². The first kappa shape index (κ1) is 90.2. The van der Waals surface area contributed by atoms with Gasteiger partial charge in [-0.15, -0.1) is 0 Å². The number of carbonyl (C=O) groups excluding carboxylic acids is 6. The Morgan fingerprint density at radius 1 is 0.301 bits per heavy atom. The zero-order valence-corrected chi connectivity index (χ0v) is 74.0. The molecule has 20 nitrogen and oxygen atoms in total. The average Bonchev–Trinajstić information content (AvgIpc) is 1.57. The predicted molar refractivity (Wildman–Crippen MR) is 532 cm³/mol. The lowest BCUT2D eigenvalue weighted by atomic mass is 10.00. The molecule has 1 unspecified atom stereocenters. The van der Waals surface area contributed by atoms with E-state index < -0.39 is 23.9 Å². The van der Waals surface area contributed by atoms with Crippen LogP contribution in [0.5, 0.6) is 11.5 Å². The molecule has 19 aromatic rings. The van der Waals surface area contributed by atoms with Gasteiger partial charge < -0.3 is 65.6 Å². The van der Waals surface area contributed by atoms with Crippen molar-refractivity contribution in [1.82, 2.24) is 18.3 Å². The molecule has 0 fully saturated rings. The number of ether oxygens (including phenoxy) is 10. The average molecular weight is 1770 g/mol. The summed E-state index contributed by atoms with van der Waals surface area (Å²) in [5.41, 5.74) is 10.4. The Bertz CT molecular complexity index is 7520. The summed E-state index contributed by atoms with van der Waals surface area (Å²) in [5.74, 6) is -1.65. The first-order valence-corrected chi connectivity index (χ1v) is 43.9. The van der Waals surface area contributed by atoms with Crippen molar-refractivity contribution in [2.24, 2.45) is 0 Å². The minimum Gasteiger partial charge on any atom is -0.490 e. The van der Waals surface area contributed by atoms with Crippen molar-refractivity contribution in [3.8, 4) is 17.2 Å². The molecule has 0 aliphatic rings. The fraction of sp³-hybridized carbons (Fsp3) is 0.150. The van der Waals surface area contributed by atoms with Crippen molar-refractivity contribution >= 4 is 188 Å². The Balaban J connectivity index is 0.000000134. The highest BCUT2D eigenvalue weighted by atomic mass is 16.6. The summed E-state index contributed by atoms with van der Waals surface area (Å²) in [6.07, 6.45) is 4.24. The topological polar surface area (TPSA) is 214 Å². The number of esters is 6. The summed E-state index contributed by atoms with van der Waals surface area (Å²) < 4.78 is 64.0. The van der Waals surface area contributed by atoms with E-state index in [1.807, 2.05) is 30.3 Å². The number of rotatable bonds is 32. The largest absolute Gasteiger partial charge is 0.490 e. The second-order valence-electron chi connectivity index (χ2n) is 31.6. The van der Waals surface area contributed by atoms with Crippen LogP contribution in [-0.4, -0.2) is 133 Å². The van der Waals surface area contributed by atoms with E-state index in [0.29, 0.717) is 55.5 Å². The second kappa shape index (κ2) is 41.9. The zero-order chi connectivity index (χ0) is 92.4. The molecule has 20 heteroatoms. The smallest absolute Gasteiger partial charge is 0.333 e. The summed E-state index contributed by atoms with van der Waals surface area (Å²) >= 11 is 0. The van der Waals surface area contributed by atoms with Crippen LogP contribution in [0.1, 0.15) is 13.8 Å². The number of nitrogens with zero attached hydrogens (tertiary/aromatic N) is 4. The van der Waals surface area contributed by atoms with E-state index in [-0.39, 0.29) is 77.5 Å². The molecule has 4 heterocycles. The van der Waals surface area contributed by atoms with E-state index in [9.17, 15) is 28.8 Å². The van der Waals surface area contributed by atoms with Gasteiger partial charge in [0.25, 0.3) is 0 Å². The molecule has 1 atom stereocenters. The molecule has 0 aliphatic carbocycles. The molecule has 666 valence electrons. The Morgan fingerprint density at radius 3 is 1.08 bits per heavy atom. The van der Waals surface area contributed by atoms with Crippen LogP contribution in [0.3, 0.4) is 0 Å². The number of aromatic nitrogens is 4. The zero-order valence-electron chi connectivity index (χ0n) is 74.0. The summed E-state index contributed by atoms with van der Waals surface area (Å²) in [6.45, 7) is 27.8. The molecule has 15 aromatic carbocycles. The van der Waals surface area contributed by atoms with Gasteiger partial charge in [-0.3, -0.25) is 0 Å². The SMILES string of the molecule is C=C(C)C(=O)OCCOCC(Cn1c2ccc3ccccc3c2c2c3ccccc3ccc21)OCCOC(=O)C(=C)C.C=CC(=O)OCCOc1cc(OCCOC(=O)C=C)cc(-n2c3ccc4ccccc4c3c3c4ccccc4ccc32)c1.C=CC(=O)OCCn1c2ccccc2c2c3ccccc3ccc21.C=CC(=O)OCCn1c2ccccc2c2ccc3ccccc3c21. The number of benzene rings is 15. The van der Waals surface area contributed by atoms with Crippen LogP contribution in [0.15, 0.2) is 360 Å². The molecule has 0 N–H and O–H groups in total. The van der Waals surface area contributed by atoms with Crippen molar-refractivity contribution in [2.75, 3.05) is 72.7 Å². The quantitative estimate of drug-likeness (QED) is 0.0166. The van der Waals surface area contributed by atoms with Gasteiger partial charge in [0.05, 0.1) is 67.8 Å². The molecule has 19 rings (SSSR count). The standard InChI is InChI=1S/C36H29NO6.C35H35NO6.2C21H17NO2/c1-3-33(38)42-19-17-40-27-21-26(22-28(23-27)41-18-20-43-34(39)4-2)37-31-15-13-24-9-5-7-11-29(24)35(31)36-30-12-8-6-10-25(30)14-16-32(36)37;1-23(2)34(37)41-18-17-39-22-27(40-19-20-42-35(38)24(3)4)21-36-30-15-13-25-9-5-7-11-28(25)32(30)33-29-12-8-6-10-26(29)14-16-31(33)36;1-2-20(23)24-14-13-22-19-10-6-5-9-17(19)18-12-11-15-7-3-4-8-16(15)21(18)22;1-2-20(23)24-14-13-22-18-10-6-5-9-17(18)21-16-8-4-3-7-15(16)11-12-19(21)22/h3-16,21-23H,1-2,17-20H2;5-16,27H,1,3,17-22H2,2,4H3;2*2-12H,1,13-14H2. The fourth-order valence-electron chi connectivity index (χ4n) is 17.3. The highest BCUT2D eigenvalue weighted by molar-refractivity contribution is 6.30. The van der Waals surface area contributed by atoms with E-state index in [0.717, 1.165) is 88.8 Å². The molecule has 133 heavy (non-hydrogen) atoms. The van der Waals surface area contributed by atoms with E-state index in [1.165, 1.54) is 93.1 Å². The minimum atomic E-state index is -0.514. The van der Waals surface area contributed by atoms with Gasteiger partial charge in [-0.05, 0) is 116 Å². The lowest BCUT2D eigenvalue weighted by molar-refractivity contribution is -0.143. The van der Waals surface area contributed by atoms with Gasteiger partial charge in [0.1, 0.15) is 64.4 Å². The van der Waals surface area contributed by atoms with E-state index >= 15 is 0 Å². The molecule has 0 aliphatic heterocycles. The highest BCUT2D eigenvalue weighted by Gasteiger charge is 2.24. The third kappa shape index (κ3) is 19.9.